The molecule has 0 amide bonds. The maximum Gasteiger partial charge on any atom is 0.354 e. The first kappa shape index (κ1) is 29.9. The molecule has 10 nitrogen and oxygen atoms in total. The molecular formula is C31H39N5O5S. The van der Waals surface area contributed by atoms with Crippen molar-refractivity contribution in [3.05, 3.63) is 58.8 Å². The summed E-state index contributed by atoms with van der Waals surface area (Å²) < 4.78 is 35.3. The highest BCUT2D eigenvalue weighted by atomic mass is 32.2. The molecule has 3 N–H and O–H groups in total. The molecule has 2 aromatic heterocycles. The van der Waals surface area contributed by atoms with Crippen LogP contribution in [0.3, 0.4) is 0 Å². The second-order valence-electron chi connectivity index (χ2n) is 12.3. The Bertz CT molecular complexity index is 1570. The zero-order valence-electron chi connectivity index (χ0n) is 24.8. The van der Waals surface area contributed by atoms with Crippen LogP contribution in [0.15, 0.2) is 41.4 Å². The van der Waals surface area contributed by atoms with Gasteiger partial charge in [0.15, 0.2) is 5.03 Å². The predicted octanol–water partition coefficient (Wildman–Crippen LogP) is 5.29. The summed E-state index contributed by atoms with van der Waals surface area (Å²) >= 11 is 0. The minimum absolute atomic E-state index is 0.118. The van der Waals surface area contributed by atoms with E-state index in [1.165, 1.54) is 43.9 Å². The summed E-state index contributed by atoms with van der Waals surface area (Å²) in [5.74, 6) is -0.756. The lowest BCUT2D eigenvalue weighted by molar-refractivity contribution is 0.0689. The van der Waals surface area contributed by atoms with E-state index in [1.54, 1.807) is 0 Å². The normalized spacial score (nSPS) is 16.7. The van der Waals surface area contributed by atoms with Gasteiger partial charge in [-0.25, -0.2) is 19.5 Å². The van der Waals surface area contributed by atoms with Crippen LogP contribution in [-0.4, -0.2) is 53.1 Å². The number of hydrogen-bond donors (Lipinski definition) is 3. The molecule has 2 aliphatic rings. The second kappa shape index (κ2) is 11.6. The average Bonchev–Trinajstić information content (AvgIpc) is 3.69. The molecule has 0 aliphatic heterocycles. The van der Waals surface area contributed by atoms with E-state index in [4.69, 9.17) is 4.74 Å². The molecule has 3 aromatic rings. The first-order valence-electron chi connectivity index (χ1n) is 14.4. The number of anilines is 1. The average molecular weight is 594 g/mol. The number of aryl methyl sites for hydroxylation is 2. The minimum Gasteiger partial charge on any atom is -0.477 e. The Morgan fingerprint density at radius 3 is 2.33 bits per heavy atom. The molecule has 224 valence electrons. The number of aromatic nitrogens is 3. The maximum absolute atomic E-state index is 13.3. The van der Waals surface area contributed by atoms with Crippen LogP contribution in [0.4, 0.5) is 5.95 Å². The number of benzene rings is 1. The molecule has 42 heavy (non-hydrogen) atoms. The van der Waals surface area contributed by atoms with E-state index < -0.39 is 21.0 Å². The molecule has 1 spiro atoms. The number of carboxylic acid groups (broad SMARTS) is 1. The zero-order chi connectivity index (χ0) is 30.2. The number of aromatic carboxylic acids is 1. The summed E-state index contributed by atoms with van der Waals surface area (Å²) in [6.07, 6.45) is 6.04. The van der Waals surface area contributed by atoms with E-state index in [0.29, 0.717) is 35.2 Å². The zero-order valence-corrected chi connectivity index (χ0v) is 25.6. The highest BCUT2D eigenvalue weighted by Gasteiger charge is 2.53. The van der Waals surface area contributed by atoms with Crippen LogP contribution in [0.1, 0.15) is 73.1 Å². The van der Waals surface area contributed by atoms with Gasteiger partial charge in [-0.2, -0.15) is 13.4 Å². The topological polar surface area (TPSA) is 143 Å². The lowest BCUT2D eigenvalue weighted by Crippen LogP contribution is -2.49. The smallest absolute Gasteiger partial charge is 0.354 e. The molecular weight excluding hydrogens is 554 g/mol. The van der Waals surface area contributed by atoms with Gasteiger partial charge in [0.1, 0.15) is 12.3 Å². The van der Waals surface area contributed by atoms with E-state index in [9.17, 15) is 18.3 Å². The van der Waals surface area contributed by atoms with Crippen molar-refractivity contribution in [3.8, 4) is 17.1 Å². The first-order chi connectivity index (χ1) is 19.9. The summed E-state index contributed by atoms with van der Waals surface area (Å²) in [5, 5.41) is 12.6. The fourth-order valence-electron chi connectivity index (χ4n) is 5.92. The molecule has 2 fully saturated rings. The number of carboxylic acids is 1. The number of pyridine rings is 1. The summed E-state index contributed by atoms with van der Waals surface area (Å²) in [6, 6.07) is 10.3. The van der Waals surface area contributed by atoms with Crippen molar-refractivity contribution in [2.75, 3.05) is 11.3 Å². The Morgan fingerprint density at radius 2 is 1.71 bits per heavy atom. The molecule has 1 aromatic carbocycles. The van der Waals surface area contributed by atoms with Gasteiger partial charge in [0.2, 0.25) is 11.8 Å². The molecule has 0 saturated heterocycles. The largest absolute Gasteiger partial charge is 0.477 e. The van der Waals surface area contributed by atoms with Crippen molar-refractivity contribution < 1.29 is 23.1 Å². The van der Waals surface area contributed by atoms with Gasteiger partial charge in [0.25, 0.3) is 10.0 Å². The van der Waals surface area contributed by atoms with Crippen molar-refractivity contribution in [1.82, 2.24) is 20.3 Å². The van der Waals surface area contributed by atoms with Gasteiger partial charge in [-0.1, -0.05) is 38.1 Å². The second-order valence-corrected chi connectivity index (χ2v) is 13.9. The number of sulfonamides is 1. The van der Waals surface area contributed by atoms with Crippen LogP contribution >= 0.6 is 0 Å². The number of ether oxygens (including phenoxy) is 1. The van der Waals surface area contributed by atoms with E-state index in [-0.39, 0.29) is 23.6 Å². The van der Waals surface area contributed by atoms with Gasteiger partial charge < -0.3 is 15.2 Å². The van der Waals surface area contributed by atoms with Gasteiger partial charge in [-0.3, -0.25) is 0 Å². The fourth-order valence-corrected chi connectivity index (χ4v) is 6.84. The van der Waals surface area contributed by atoms with Gasteiger partial charge in [-0.05, 0) is 87.5 Å². The van der Waals surface area contributed by atoms with Gasteiger partial charge in [-0.15, -0.1) is 0 Å². The van der Waals surface area contributed by atoms with Crippen molar-refractivity contribution in [2.45, 2.75) is 83.8 Å². The van der Waals surface area contributed by atoms with Crippen LogP contribution in [-0.2, 0) is 10.0 Å². The SMILES string of the molecule is Cc1cccc(C)c1-c1nc(NS(=O)(=O)c2cccc(C(=O)O)n2)nc(OC[C@@H](CC(C)C)NC2CC3(CC3)C2)c1C. The third-order valence-corrected chi connectivity index (χ3v) is 9.46. The monoisotopic (exact) mass is 593 g/mol. The van der Waals surface area contributed by atoms with Crippen molar-refractivity contribution in [2.24, 2.45) is 11.3 Å². The van der Waals surface area contributed by atoms with Crippen LogP contribution in [0.5, 0.6) is 5.88 Å². The summed E-state index contributed by atoms with van der Waals surface area (Å²) in [4.78, 5) is 24.3. The van der Waals surface area contributed by atoms with Crippen molar-refractivity contribution >= 4 is 21.9 Å². The number of nitrogens with zero attached hydrogens (tertiary/aromatic N) is 3. The molecule has 2 heterocycles. The minimum atomic E-state index is -4.30. The van der Waals surface area contributed by atoms with Crippen LogP contribution < -0.4 is 14.8 Å². The first-order valence-corrected chi connectivity index (χ1v) is 15.9. The Kier molecular flexibility index (Phi) is 8.26. The Balaban J connectivity index is 1.46. The maximum atomic E-state index is 13.3. The number of nitrogens with one attached hydrogen (secondary N) is 2. The van der Waals surface area contributed by atoms with E-state index in [2.05, 4.69) is 38.8 Å². The van der Waals surface area contributed by atoms with Crippen LogP contribution in [0, 0.1) is 32.1 Å². The summed E-state index contributed by atoms with van der Waals surface area (Å²) in [6.45, 7) is 10.6. The van der Waals surface area contributed by atoms with Crippen molar-refractivity contribution in [1.29, 1.82) is 0 Å². The van der Waals surface area contributed by atoms with E-state index >= 15 is 0 Å². The molecule has 0 unspecified atom stereocenters. The van der Waals surface area contributed by atoms with Gasteiger partial charge in [0.05, 0.1) is 5.69 Å². The lowest BCUT2D eigenvalue weighted by Gasteiger charge is -2.39. The number of rotatable bonds is 12. The Hall–Kier alpha value is -3.57. The molecule has 0 radical (unpaired) electrons. The highest BCUT2D eigenvalue weighted by Crippen LogP contribution is 2.60. The summed E-state index contributed by atoms with van der Waals surface area (Å²) in [7, 11) is -4.30. The molecule has 0 bridgehead atoms. The quantitative estimate of drug-likeness (QED) is 0.255. The third-order valence-electron chi connectivity index (χ3n) is 8.23. The Morgan fingerprint density at radius 1 is 1.05 bits per heavy atom. The van der Waals surface area contributed by atoms with Crippen molar-refractivity contribution in [3.63, 3.8) is 0 Å². The molecule has 5 rings (SSSR count). The fraction of sp³-hybridized carbons (Fsp3) is 0.484. The Labute approximate surface area is 247 Å². The molecule has 1 atom stereocenters. The highest BCUT2D eigenvalue weighted by molar-refractivity contribution is 7.92. The molecule has 2 saturated carbocycles. The standard InChI is InChI=1S/C31H39N5O5S/c1-18(2)14-22(32-23-15-31(16-23)12-13-31)17-41-28-21(5)27(26-19(3)8-6-9-20(26)4)34-30(35-28)36-42(39,40)25-11-7-10-24(33-25)29(37)38/h6-11,18,22-23,32H,12-17H2,1-5H3,(H,37,38)(H,34,35,36)/t22-/m1/s1. The number of hydrogen-bond acceptors (Lipinski definition) is 8. The predicted molar refractivity (Wildman–Crippen MR) is 160 cm³/mol. The summed E-state index contributed by atoms with van der Waals surface area (Å²) in [5.41, 5.74) is 4.29. The van der Waals surface area contributed by atoms with E-state index in [0.717, 1.165) is 23.1 Å². The van der Waals surface area contributed by atoms with Gasteiger partial charge >= 0.3 is 5.97 Å². The van der Waals surface area contributed by atoms with E-state index in [1.807, 2.05) is 39.0 Å². The molecule has 11 heteroatoms. The van der Waals surface area contributed by atoms with Gasteiger partial charge in [0, 0.05) is 23.2 Å². The van der Waals surface area contributed by atoms with Crippen LogP contribution in [0.25, 0.3) is 11.3 Å². The number of carbonyl (C=O) groups is 1. The third kappa shape index (κ3) is 6.57. The molecule has 2 aliphatic carbocycles. The lowest BCUT2D eigenvalue weighted by atomic mass is 9.76. The van der Waals surface area contributed by atoms with Crippen LogP contribution in [0.2, 0.25) is 0 Å².